The van der Waals surface area contributed by atoms with E-state index in [0.29, 0.717) is 6.42 Å². The Balaban J connectivity index is 1.90. The van der Waals surface area contributed by atoms with E-state index in [4.69, 9.17) is 0 Å². The summed E-state index contributed by atoms with van der Waals surface area (Å²) in [5, 5.41) is 0. The predicted molar refractivity (Wildman–Crippen MR) is 70.0 cm³/mol. The van der Waals surface area contributed by atoms with E-state index in [1.54, 1.807) is 12.4 Å². The van der Waals surface area contributed by atoms with Crippen LogP contribution < -0.4 is 4.90 Å². The molecule has 0 bridgehead atoms. The highest BCUT2D eigenvalue weighted by Crippen LogP contribution is 2.31. The zero-order valence-electron chi connectivity index (χ0n) is 10.8. The van der Waals surface area contributed by atoms with Crippen LogP contribution in [0.25, 0.3) is 0 Å². The number of imidazole rings is 1. The van der Waals surface area contributed by atoms with Gasteiger partial charge in [-0.1, -0.05) is 6.07 Å². The van der Waals surface area contributed by atoms with Gasteiger partial charge < -0.3 is 9.47 Å². The van der Waals surface area contributed by atoms with Crippen LogP contribution in [-0.2, 0) is 18.3 Å². The molecule has 3 rings (SSSR count). The third-order valence-corrected chi connectivity index (χ3v) is 3.42. The molecular weight excluding hydrogens is 261 g/mol. The van der Waals surface area contributed by atoms with Crippen molar-refractivity contribution in [2.24, 2.45) is 7.05 Å². The van der Waals surface area contributed by atoms with Gasteiger partial charge in [0.25, 0.3) is 11.7 Å². The monoisotopic (exact) mass is 273 g/mol. The molecular formula is C14H12FN3O2. The molecule has 0 spiro atoms. The molecule has 0 radical (unpaired) electrons. The molecule has 1 aliphatic heterocycles. The van der Waals surface area contributed by atoms with Gasteiger partial charge in [-0.05, 0) is 12.1 Å². The maximum absolute atomic E-state index is 13.9. The average molecular weight is 273 g/mol. The molecule has 0 saturated carbocycles. The first-order chi connectivity index (χ1) is 9.59. The fourth-order valence-corrected chi connectivity index (χ4v) is 2.37. The summed E-state index contributed by atoms with van der Waals surface area (Å²) in [6.07, 6.45) is 3.90. The van der Waals surface area contributed by atoms with Crippen molar-refractivity contribution in [2.45, 2.75) is 6.42 Å². The fourth-order valence-electron chi connectivity index (χ4n) is 2.37. The number of ketones is 1. The van der Waals surface area contributed by atoms with Crippen molar-refractivity contribution in [3.63, 3.8) is 0 Å². The molecule has 102 valence electrons. The summed E-state index contributed by atoms with van der Waals surface area (Å²) in [6, 6.07) is 4.15. The summed E-state index contributed by atoms with van der Waals surface area (Å²) in [5.41, 5.74) is 0.214. The Kier molecular flexibility index (Phi) is 2.85. The summed E-state index contributed by atoms with van der Waals surface area (Å²) in [4.78, 5) is 29.1. The molecule has 0 saturated heterocycles. The van der Waals surface area contributed by atoms with E-state index in [0.717, 1.165) is 5.82 Å². The molecule has 1 amide bonds. The Morgan fingerprint density at radius 2 is 2.10 bits per heavy atom. The predicted octanol–water partition coefficient (Wildman–Crippen LogP) is 1.33. The lowest BCUT2D eigenvalue weighted by Crippen LogP contribution is -2.32. The molecule has 1 aromatic carbocycles. The quantitative estimate of drug-likeness (QED) is 0.793. The number of Topliss-reactive ketones (excluding diaryl/α,β-unsaturated/α-hetero) is 1. The van der Waals surface area contributed by atoms with Crippen molar-refractivity contribution in [2.75, 3.05) is 11.4 Å². The maximum atomic E-state index is 13.9. The lowest BCUT2D eigenvalue weighted by molar-refractivity contribution is -0.114. The second-order valence-corrected chi connectivity index (χ2v) is 4.63. The number of halogens is 1. The number of anilines is 1. The number of nitrogens with zero attached hydrogens (tertiary/aromatic N) is 3. The van der Waals surface area contributed by atoms with E-state index in [1.165, 1.54) is 23.1 Å². The van der Waals surface area contributed by atoms with Crippen molar-refractivity contribution >= 4 is 17.4 Å². The Morgan fingerprint density at radius 3 is 2.80 bits per heavy atom. The van der Waals surface area contributed by atoms with Gasteiger partial charge in [0, 0.05) is 32.4 Å². The van der Waals surface area contributed by atoms with Crippen molar-refractivity contribution in [3.8, 4) is 0 Å². The minimum absolute atomic E-state index is 0.0803. The standard InChI is InChI=1S/C14H12FN3O2/c1-17-8-6-16-11(17)5-7-18-12-9(13(19)14(18)20)3-2-4-10(12)15/h2-4,6,8H,5,7H2,1H3. The summed E-state index contributed by atoms with van der Waals surface area (Å²) in [7, 11) is 1.84. The van der Waals surface area contributed by atoms with Gasteiger partial charge in [0.15, 0.2) is 0 Å². The third-order valence-electron chi connectivity index (χ3n) is 3.42. The number of hydrogen-bond donors (Lipinski definition) is 0. The number of fused-ring (bicyclic) bond motifs is 1. The summed E-state index contributed by atoms with van der Waals surface area (Å²) in [6.45, 7) is 0.226. The van der Waals surface area contributed by atoms with Crippen LogP contribution in [0.4, 0.5) is 10.1 Å². The first-order valence-electron chi connectivity index (χ1n) is 6.20. The third kappa shape index (κ3) is 1.80. The fraction of sp³-hybridized carbons (Fsp3) is 0.214. The second kappa shape index (κ2) is 4.56. The van der Waals surface area contributed by atoms with Crippen molar-refractivity contribution in [1.82, 2.24) is 9.55 Å². The van der Waals surface area contributed by atoms with Gasteiger partial charge in [-0.15, -0.1) is 0 Å². The molecule has 0 aliphatic carbocycles. The Bertz CT molecular complexity index is 708. The molecule has 6 heteroatoms. The molecule has 0 unspecified atom stereocenters. The van der Waals surface area contributed by atoms with E-state index < -0.39 is 17.5 Å². The molecule has 1 aromatic heterocycles. The SMILES string of the molecule is Cn1ccnc1CCN1C(=O)C(=O)c2cccc(F)c21. The van der Waals surface area contributed by atoms with Crippen LogP contribution in [0.2, 0.25) is 0 Å². The second-order valence-electron chi connectivity index (χ2n) is 4.63. The van der Waals surface area contributed by atoms with Gasteiger partial charge >= 0.3 is 0 Å². The zero-order valence-corrected chi connectivity index (χ0v) is 10.8. The van der Waals surface area contributed by atoms with Crippen molar-refractivity contribution < 1.29 is 14.0 Å². The van der Waals surface area contributed by atoms with Gasteiger partial charge in [0.2, 0.25) is 0 Å². The van der Waals surface area contributed by atoms with Crippen LogP contribution >= 0.6 is 0 Å². The lowest BCUT2D eigenvalue weighted by Gasteiger charge is -2.16. The number of amides is 1. The van der Waals surface area contributed by atoms with Crippen LogP contribution in [0.3, 0.4) is 0 Å². The normalized spacial score (nSPS) is 14.0. The zero-order chi connectivity index (χ0) is 14.3. The Morgan fingerprint density at radius 1 is 1.30 bits per heavy atom. The lowest BCUT2D eigenvalue weighted by atomic mass is 10.1. The van der Waals surface area contributed by atoms with Crippen molar-refractivity contribution in [1.29, 1.82) is 0 Å². The van der Waals surface area contributed by atoms with E-state index in [9.17, 15) is 14.0 Å². The highest BCUT2D eigenvalue weighted by Gasteiger charge is 2.37. The van der Waals surface area contributed by atoms with E-state index >= 15 is 0 Å². The Hall–Kier alpha value is -2.50. The molecule has 20 heavy (non-hydrogen) atoms. The Labute approximate surface area is 114 Å². The molecule has 2 aromatic rings. The highest BCUT2D eigenvalue weighted by atomic mass is 19.1. The molecule has 1 aliphatic rings. The van der Waals surface area contributed by atoms with Crippen molar-refractivity contribution in [3.05, 3.63) is 47.8 Å². The van der Waals surface area contributed by atoms with Gasteiger partial charge in [0.05, 0.1) is 11.3 Å². The number of carbonyl (C=O) groups is 2. The van der Waals surface area contributed by atoms with Crippen LogP contribution in [0.1, 0.15) is 16.2 Å². The maximum Gasteiger partial charge on any atom is 0.299 e. The molecule has 2 heterocycles. The van der Waals surface area contributed by atoms with Gasteiger partial charge in [-0.3, -0.25) is 9.59 Å². The highest BCUT2D eigenvalue weighted by molar-refractivity contribution is 6.52. The number of rotatable bonds is 3. The minimum Gasteiger partial charge on any atom is -0.338 e. The summed E-state index contributed by atoms with van der Waals surface area (Å²) >= 11 is 0. The van der Waals surface area contributed by atoms with E-state index in [2.05, 4.69) is 4.98 Å². The first-order valence-corrected chi connectivity index (χ1v) is 6.20. The number of aromatic nitrogens is 2. The van der Waals surface area contributed by atoms with Crippen LogP contribution in [0.5, 0.6) is 0 Å². The number of aryl methyl sites for hydroxylation is 1. The number of para-hydroxylation sites is 1. The van der Waals surface area contributed by atoms with Gasteiger partial charge in [-0.25, -0.2) is 9.37 Å². The summed E-state index contributed by atoms with van der Waals surface area (Å²) < 4.78 is 15.7. The smallest absolute Gasteiger partial charge is 0.299 e. The van der Waals surface area contributed by atoms with Gasteiger partial charge in [-0.2, -0.15) is 0 Å². The minimum atomic E-state index is -0.681. The topological polar surface area (TPSA) is 55.2 Å². The number of benzene rings is 1. The largest absolute Gasteiger partial charge is 0.338 e. The van der Waals surface area contributed by atoms with E-state index in [-0.39, 0.29) is 17.8 Å². The molecule has 0 atom stereocenters. The van der Waals surface area contributed by atoms with Crippen LogP contribution in [0, 0.1) is 5.82 Å². The van der Waals surface area contributed by atoms with Crippen LogP contribution in [0.15, 0.2) is 30.6 Å². The molecule has 0 N–H and O–H groups in total. The molecule has 0 fully saturated rings. The summed E-state index contributed by atoms with van der Waals surface area (Å²) in [5.74, 6) is -1.12. The number of carbonyl (C=O) groups excluding carboxylic acids is 2. The average Bonchev–Trinajstić information content (AvgIpc) is 2.94. The van der Waals surface area contributed by atoms with Gasteiger partial charge in [0.1, 0.15) is 11.6 Å². The molecule has 5 nitrogen and oxygen atoms in total. The number of hydrogen-bond acceptors (Lipinski definition) is 3. The van der Waals surface area contributed by atoms with E-state index in [1.807, 2.05) is 11.6 Å². The first kappa shape index (κ1) is 12.5. The van der Waals surface area contributed by atoms with Crippen LogP contribution in [-0.4, -0.2) is 27.8 Å².